The largest absolute Gasteiger partial charge is 0.497 e. The number of hydrogen-bond donors (Lipinski definition) is 0. The van der Waals surface area contributed by atoms with Gasteiger partial charge >= 0.3 is 0 Å². The van der Waals surface area contributed by atoms with Crippen molar-refractivity contribution < 1.29 is 14.3 Å². The number of piperidine rings is 1. The molecular formula is C21H23N3O3. The van der Waals surface area contributed by atoms with Crippen molar-refractivity contribution in [3.8, 4) is 11.5 Å². The molecule has 4 rings (SSSR count). The molecule has 0 bridgehead atoms. The van der Waals surface area contributed by atoms with E-state index in [1.807, 2.05) is 36.4 Å². The first kappa shape index (κ1) is 17.5. The fraction of sp³-hybridized carbons (Fsp3) is 0.333. The lowest BCUT2D eigenvalue weighted by Gasteiger charge is -2.31. The van der Waals surface area contributed by atoms with Crippen LogP contribution in [0.4, 0.5) is 0 Å². The molecule has 0 N–H and O–H groups in total. The molecule has 6 nitrogen and oxygen atoms in total. The summed E-state index contributed by atoms with van der Waals surface area (Å²) >= 11 is 0. The van der Waals surface area contributed by atoms with E-state index in [0.717, 1.165) is 48.3 Å². The SMILES string of the molecule is COc1ccc2nccc(OC3CCN(CC(=O)n4cccc4)CC3)c2c1. The lowest BCUT2D eigenvalue weighted by atomic mass is 10.1. The van der Waals surface area contributed by atoms with Gasteiger partial charge in [0.1, 0.15) is 17.6 Å². The summed E-state index contributed by atoms with van der Waals surface area (Å²) in [6, 6.07) is 11.4. The molecule has 2 aromatic heterocycles. The van der Waals surface area contributed by atoms with Crippen molar-refractivity contribution in [2.45, 2.75) is 18.9 Å². The molecule has 0 atom stereocenters. The first-order valence-electron chi connectivity index (χ1n) is 9.21. The predicted octanol–water partition coefficient (Wildman–Crippen LogP) is 3.23. The van der Waals surface area contributed by atoms with E-state index in [0.29, 0.717) is 6.54 Å². The highest BCUT2D eigenvalue weighted by atomic mass is 16.5. The molecule has 1 saturated heterocycles. The number of ether oxygens (including phenoxy) is 2. The Morgan fingerprint density at radius 3 is 2.70 bits per heavy atom. The van der Waals surface area contributed by atoms with Gasteiger partial charge in [0.05, 0.1) is 19.2 Å². The number of pyridine rings is 1. The highest BCUT2D eigenvalue weighted by Gasteiger charge is 2.23. The lowest BCUT2D eigenvalue weighted by Crippen LogP contribution is -2.41. The van der Waals surface area contributed by atoms with Gasteiger partial charge in [0.15, 0.2) is 0 Å². The van der Waals surface area contributed by atoms with E-state index in [1.165, 1.54) is 0 Å². The molecule has 0 amide bonds. The molecule has 3 aromatic rings. The summed E-state index contributed by atoms with van der Waals surface area (Å²) in [7, 11) is 1.66. The fourth-order valence-electron chi connectivity index (χ4n) is 3.47. The Hall–Kier alpha value is -2.86. The first-order chi connectivity index (χ1) is 13.2. The van der Waals surface area contributed by atoms with Gasteiger partial charge in [-0.2, -0.15) is 0 Å². The lowest BCUT2D eigenvalue weighted by molar-refractivity contribution is 0.0729. The molecule has 1 aromatic carbocycles. The number of carbonyl (C=O) groups excluding carboxylic acids is 1. The maximum absolute atomic E-state index is 12.2. The van der Waals surface area contributed by atoms with Crippen molar-refractivity contribution in [3.05, 3.63) is 55.0 Å². The van der Waals surface area contributed by atoms with Crippen LogP contribution in [0.3, 0.4) is 0 Å². The minimum Gasteiger partial charge on any atom is -0.497 e. The fourth-order valence-corrected chi connectivity index (χ4v) is 3.47. The van der Waals surface area contributed by atoms with Crippen LogP contribution >= 0.6 is 0 Å². The molecule has 0 saturated carbocycles. The van der Waals surface area contributed by atoms with Gasteiger partial charge in [-0.3, -0.25) is 19.2 Å². The number of benzene rings is 1. The molecule has 0 aliphatic carbocycles. The smallest absolute Gasteiger partial charge is 0.244 e. The Labute approximate surface area is 158 Å². The van der Waals surface area contributed by atoms with E-state index in [2.05, 4.69) is 9.88 Å². The van der Waals surface area contributed by atoms with E-state index in [-0.39, 0.29) is 12.0 Å². The van der Waals surface area contributed by atoms with E-state index < -0.39 is 0 Å². The van der Waals surface area contributed by atoms with Crippen LogP contribution in [0.15, 0.2) is 55.0 Å². The van der Waals surface area contributed by atoms with Gasteiger partial charge in [0.25, 0.3) is 0 Å². The van der Waals surface area contributed by atoms with Crippen molar-refractivity contribution in [2.75, 3.05) is 26.7 Å². The van der Waals surface area contributed by atoms with Crippen LogP contribution in [-0.2, 0) is 0 Å². The Kier molecular flexibility index (Phi) is 5.07. The van der Waals surface area contributed by atoms with Crippen LogP contribution in [0, 0.1) is 0 Å². The number of fused-ring (bicyclic) bond motifs is 1. The highest BCUT2D eigenvalue weighted by Crippen LogP contribution is 2.29. The summed E-state index contributed by atoms with van der Waals surface area (Å²) in [5, 5.41) is 0.960. The Morgan fingerprint density at radius 2 is 1.96 bits per heavy atom. The zero-order valence-corrected chi connectivity index (χ0v) is 15.4. The van der Waals surface area contributed by atoms with Crippen molar-refractivity contribution in [3.63, 3.8) is 0 Å². The number of carbonyl (C=O) groups is 1. The molecule has 1 aliphatic rings. The van der Waals surface area contributed by atoms with Crippen molar-refractivity contribution in [2.24, 2.45) is 0 Å². The summed E-state index contributed by atoms with van der Waals surface area (Å²) in [6.07, 6.45) is 7.29. The molecule has 1 fully saturated rings. The predicted molar refractivity (Wildman–Crippen MR) is 103 cm³/mol. The van der Waals surface area contributed by atoms with Gasteiger partial charge < -0.3 is 9.47 Å². The number of likely N-dealkylation sites (tertiary alicyclic amines) is 1. The summed E-state index contributed by atoms with van der Waals surface area (Å²) in [6.45, 7) is 2.14. The van der Waals surface area contributed by atoms with Crippen molar-refractivity contribution >= 4 is 16.8 Å². The van der Waals surface area contributed by atoms with Crippen LogP contribution in [0.2, 0.25) is 0 Å². The zero-order valence-electron chi connectivity index (χ0n) is 15.4. The second-order valence-electron chi connectivity index (χ2n) is 6.77. The van der Waals surface area contributed by atoms with E-state index in [1.54, 1.807) is 30.3 Å². The van der Waals surface area contributed by atoms with E-state index >= 15 is 0 Å². The molecule has 0 spiro atoms. The van der Waals surface area contributed by atoms with Crippen molar-refractivity contribution in [1.82, 2.24) is 14.5 Å². The van der Waals surface area contributed by atoms with Crippen LogP contribution in [0.1, 0.15) is 17.6 Å². The number of methoxy groups -OCH3 is 1. The Morgan fingerprint density at radius 1 is 1.19 bits per heavy atom. The minimum atomic E-state index is 0.103. The molecular weight excluding hydrogens is 342 g/mol. The normalized spacial score (nSPS) is 15.7. The molecule has 27 heavy (non-hydrogen) atoms. The van der Waals surface area contributed by atoms with Crippen LogP contribution < -0.4 is 9.47 Å². The number of nitrogens with zero attached hydrogens (tertiary/aromatic N) is 3. The standard InChI is InChI=1S/C21H23N3O3/c1-26-17-4-5-19-18(14-17)20(6-9-22-19)27-16-7-12-23(13-8-16)15-21(25)24-10-2-3-11-24/h2-6,9-11,14,16H,7-8,12-13,15H2,1H3. The second-order valence-corrected chi connectivity index (χ2v) is 6.77. The molecule has 0 radical (unpaired) electrons. The molecule has 0 unspecified atom stereocenters. The van der Waals surface area contributed by atoms with E-state index in [9.17, 15) is 4.79 Å². The molecule has 1 aliphatic heterocycles. The van der Waals surface area contributed by atoms with Gasteiger partial charge in [-0.1, -0.05) is 0 Å². The third-order valence-electron chi connectivity index (χ3n) is 4.99. The van der Waals surface area contributed by atoms with Gasteiger partial charge in [0.2, 0.25) is 5.91 Å². The summed E-state index contributed by atoms with van der Waals surface area (Å²) in [5.41, 5.74) is 0.892. The topological polar surface area (TPSA) is 56.6 Å². The van der Waals surface area contributed by atoms with Crippen molar-refractivity contribution in [1.29, 1.82) is 0 Å². The van der Waals surface area contributed by atoms with Crippen LogP contribution in [0.5, 0.6) is 11.5 Å². The van der Waals surface area contributed by atoms with Gasteiger partial charge in [-0.15, -0.1) is 0 Å². The zero-order chi connectivity index (χ0) is 18.6. The summed E-state index contributed by atoms with van der Waals surface area (Å²) in [5.74, 6) is 1.73. The van der Waals surface area contributed by atoms with Crippen LogP contribution in [0.25, 0.3) is 10.9 Å². The Balaban J connectivity index is 1.38. The maximum Gasteiger partial charge on any atom is 0.244 e. The average Bonchev–Trinajstić information content (AvgIpc) is 3.24. The number of aromatic nitrogens is 2. The molecule has 3 heterocycles. The third-order valence-corrected chi connectivity index (χ3v) is 4.99. The summed E-state index contributed by atoms with van der Waals surface area (Å²) < 4.78 is 13.2. The third kappa shape index (κ3) is 3.95. The monoisotopic (exact) mass is 365 g/mol. The Bertz CT molecular complexity index is 916. The second kappa shape index (κ2) is 7.80. The molecule has 6 heteroatoms. The highest BCUT2D eigenvalue weighted by molar-refractivity contribution is 5.86. The van der Waals surface area contributed by atoms with Gasteiger partial charge in [0, 0.05) is 37.1 Å². The first-order valence-corrected chi connectivity index (χ1v) is 9.21. The number of rotatable bonds is 5. The maximum atomic E-state index is 12.2. The quantitative estimate of drug-likeness (QED) is 0.695. The average molecular weight is 365 g/mol. The van der Waals surface area contributed by atoms with Gasteiger partial charge in [-0.05, 0) is 49.2 Å². The molecule has 140 valence electrons. The number of hydrogen-bond acceptors (Lipinski definition) is 5. The van der Waals surface area contributed by atoms with Gasteiger partial charge in [-0.25, -0.2) is 0 Å². The van der Waals surface area contributed by atoms with E-state index in [4.69, 9.17) is 9.47 Å². The minimum absolute atomic E-state index is 0.103. The summed E-state index contributed by atoms with van der Waals surface area (Å²) in [4.78, 5) is 18.8. The van der Waals surface area contributed by atoms with Crippen LogP contribution in [-0.4, -0.2) is 53.2 Å².